The third kappa shape index (κ3) is 4.49. The standard InChI is InChI=1S/C13H8F3N3O3.C7H13N3/c1-21-12(20)8-6-11-17-7(9-3-2-4-22-9)5-10(13(14,15)16)19(11)18-8;1-5-7(4-8)6(2)10(3)9-5/h2-6H,1H3;4,8H2,1-3H3. The molecular formula is C20H21F3N6O3. The summed E-state index contributed by atoms with van der Waals surface area (Å²) in [7, 11) is 3.04. The molecule has 4 aromatic rings. The zero-order valence-electron chi connectivity index (χ0n) is 17.8. The second kappa shape index (κ2) is 8.83. The van der Waals surface area contributed by atoms with E-state index in [4.69, 9.17) is 10.2 Å². The summed E-state index contributed by atoms with van der Waals surface area (Å²) in [6.07, 6.45) is -3.35. The number of aromatic nitrogens is 5. The number of fused-ring (bicyclic) bond motifs is 1. The van der Waals surface area contributed by atoms with Crippen LogP contribution in [-0.4, -0.2) is 37.5 Å². The van der Waals surface area contributed by atoms with Crippen molar-refractivity contribution < 1.29 is 27.1 Å². The Morgan fingerprint density at radius 2 is 1.97 bits per heavy atom. The Morgan fingerprint density at radius 3 is 2.44 bits per heavy atom. The van der Waals surface area contributed by atoms with Crippen LogP contribution in [-0.2, 0) is 24.5 Å². The molecule has 0 radical (unpaired) electrons. The fourth-order valence-corrected chi connectivity index (χ4v) is 3.04. The van der Waals surface area contributed by atoms with Crippen LogP contribution in [0.2, 0.25) is 0 Å². The van der Waals surface area contributed by atoms with Crippen LogP contribution < -0.4 is 5.73 Å². The quantitative estimate of drug-likeness (QED) is 0.477. The van der Waals surface area contributed by atoms with Crippen LogP contribution in [0.3, 0.4) is 0 Å². The lowest BCUT2D eigenvalue weighted by molar-refractivity contribution is -0.142. The number of halogens is 3. The van der Waals surface area contributed by atoms with E-state index in [1.54, 1.807) is 0 Å². The molecule has 12 heteroatoms. The van der Waals surface area contributed by atoms with Crippen molar-refractivity contribution in [1.82, 2.24) is 24.4 Å². The summed E-state index contributed by atoms with van der Waals surface area (Å²) in [6, 6.07) is 4.94. The molecule has 0 fully saturated rings. The predicted octanol–water partition coefficient (Wildman–Crippen LogP) is 3.29. The van der Waals surface area contributed by atoms with Crippen molar-refractivity contribution in [3.8, 4) is 11.5 Å². The number of carbonyl (C=O) groups is 1. The van der Waals surface area contributed by atoms with Gasteiger partial charge in [0.15, 0.2) is 22.8 Å². The zero-order valence-corrected chi connectivity index (χ0v) is 17.8. The number of nitrogens with two attached hydrogens (primary N) is 1. The molecule has 0 aliphatic carbocycles. The zero-order chi connectivity index (χ0) is 23.6. The van der Waals surface area contributed by atoms with Crippen molar-refractivity contribution in [3.05, 3.63) is 58.9 Å². The Labute approximate surface area is 180 Å². The lowest BCUT2D eigenvalue weighted by Gasteiger charge is -2.09. The van der Waals surface area contributed by atoms with E-state index in [1.807, 2.05) is 25.6 Å². The first-order chi connectivity index (χ1) is 15.1. The molecule has 0 atom stereocenters. The molecule has 0 saturated heterocycles. The highest BCUT2D eigenvalue weighted by molar-refractivity contribution is 5.88. The van der Waals surface area contributed by atoms with Gasteiger partial charge in [0, 0.05) is 30.9 Å². The van der Waals surface area contributed by atoms with Crippen LogP contribution >= 0.6 is 0 Å². The maximum Gasteiger partial charge on any atom is 0.433 e. The number of hydrogen-bond donors (Lipinski definition) is 1. The van der Waals surface area contributed by atoms with Crippen LogP contribution in [0.4, 0.5) is 13.2 Å². The normalized spacial score (nSPS) is 11.4. The highest BCUT2D eigenvalue weighted by Crippen LogP contribution is 2.32. The number of furan rings is 1. The average molecular weight is 450 g/mol. The molecule has 0 aromatic carbocycles. The van der Waals surface area contributed by atoms with E-state index in [0.29, 0.717) is 11.1 Å². The summed E-state index contributed by atoms with van der Waals surface area (Å²) in [6.45, 7) is 4.60. The molecule has 4 rings (SSSR count). The smallest absolute Gasteiger partial charge is 0.433 e. The molecule has 0 saturated carbocycles. The fraction of sp³-hybridized carbons (Fsp3) is 0.300. The van der Waals surface area contributed by atoms with Gasteiger partial charge in [0.05, 0.1) is 19.1 Å². The molecule has 0 unspecified atom stereocenters. The predicted molar refractivity (Wildman–Crippen MR) is 108 cm³/mol. The molecule has 4 aromatic heterocycles. The van der Waals surface area contributed by atoms with Crippen LogP contribution in [0, 0.1) is 13.8 Å². The number of carbonyl (C=O) groups excluding carboxylic acids is 1. The fourth-order valence-electron chi connectivity index (χ4n) is 3.04. The maximum atomic E-state index is 13.2. The van der Waals surface area contributed by atoms with Crippen molar-refractivity contribution in [2.24, 2.45) is 12.8 Å². The van der Waals surface area contributed by atoms with E-state index in [2.05, 4.69) is 19.9 Å². The third-order valence-electron chi connectivity index (χ3n) is 4.75. The third-order valence-corrected chi connectivity index (χ3v) is 4.75. The Kier molecular flexibility index (Phi) is 6.35. The van der Waals surface area contributed by atoms with Crippen molar-refractivity contribution >= 4 is 11.6 Å². The first-order valence-corrected chi connectivity index (χ1v) is 9.36. The SMILES string of the molecule is COC(=O)c1cc2nc(-c3ccco3)cc(C(F)(F)F)n2n1.Cc1nn(C)c(C)c1CN. The van der Waals surface area contributed by atoms with E-state index in [9.17, 15) is 18.0 Å². The van der Waals surface area contributed by atoms with E-state index < -0.39 is 17.8 Å². The number of rotatable bonds is 3. The van der Waals surface area contributed by atoms with Crippen LogP contribution in [0.5, 0.6) is 0 Å². The largest absolute Gasteiger partial charge is 0.464 e. The van der Waals surface area contributed by atoms with Crippen LogP contribution in [0.15, 0.2) is 34.9 Å². The monoisotopic (exact) mass is 450 g/mol. The topological polar surface area (TPSA) is 113 Å². The van der Waals surface area contributed by atoms with Gasteiger partial charge in [-0.15, -0.1) is 0 Å². The minimum atomic E-state index is -4.68. The summed E-state index contributed by atoms with van der Waals surface area (Å²) >= 11 is 0. The number of aryl methyl sites for hydroxylation is 2. The molecule has 0 spiro atoms. The van der Waals surface area contributed by atoms with Crippen molar-refractivity contribution in [2.75, 3.05) is 7.11 Å². The van der Waals surface area contributed by atoms with Gasteiger partial charge in [-0.05, 0) is 32.0 Å². The van der Waals surface area contributed by atoms with E-state index in [1.165, 1.54) is 29.7 Å². The van der Waals surface area contributed by atoms with Gasteiger partial charge in [0.1, 0.15) is 5.69 Å². The van der Waals surface area contributed by atoms with Gasteiger partial charge in [-0.2, -0.15) is 23.4 Å². The number of hydrogen-bond acceptors (Lipinski definition) is 7. The molecule has 2 N–H and O–H groups in total. The molecule has 170 valence electrons. The first-order valence-electron chi connectivity index (χ1n) is 9.36. The molecule has 0 bridgehead atoms. The second-order valence-electron chi connectivity index (χ2n) is 6.77. The summed E-state index contributed by atoms with van der Waals surface area (Å²) in [5.41, 5.74) is 7.40. The van der Waals surface area contributed by atoms with E-state index in [0.717, 1.165) is 24.9 Å². The summed E-state index contributed by atoms with van der Waals surface area (Å²) in [5, 5.41) is 7.82. The lowest BCUT2D eigenvalue weighted by Crippen LogP contribution is -2.14. The summed E-state index contributed by atoms with van der Waals surface area (Å²) in [5.74, 6) is -0.674. The lowest BCUT2D eigenvalue weighted by atomic mass is 10.2. The number of esters is 1. The Bertz CT molecular complexity index is 1240. The van der Waals surface area contributed by atoms with Gasteiger partial charge in [-0.1, -0.05) is 0 Å². The first kappa shape index (κ1) is 23.0. The van der Waals surface area contributed by atoms with Gasteiger partial charge < -0.3 is 14.9 Å². The number of nitrogens with zero attached hydrogens (tertiary/aromatic N) is 5. The Hall–Kier alpha value is -3.67. The van der Waals surface area contributed by atoms with Gasteiger partial charge in [-0.25, -0.2) is 14.3 Å². The van der Waals surface area contributed by atoms with Crippen LogP contribution in [0.1, 0.15) is 33.1 Å². The highest BCUT2D eigenvalue weighted by atomic mass is 19.4. The van der Waals surface area contributed by atoms with Crippen LogP contribution in [0.25, 0.3) is 17.1 Å². The Morgan fingerprint density at radius 1 is 1.25 bits per heavy atom. The molecule has 0 aliphatic rings. The molecular weight excluding hydrogens is 429 g/mol. The van der Waals surface area contributed by atoms with Crippen molar-refractivity contribution in [2.45, 2.75) is 26.6 Å². The number of alkyl halides is 3. The Balaban J connectivity index is 0.000000243. The second-order valence-corrected chi connectivity index (χ2v) is 6.77. The van der Waals surface area contributed by atoms with Crippen molar-refractivity contribution in [3.63, 3.8) is 0 Å². The molecule has 0 amide bonds. The van der Waals surface area contributed by atoms with Gasteiger partial charge >= 0.3 is 12.1 Å². The summed E-state index contributed by atoms with van der Waals surface area (Å²) < 4.78 is 51.5. The molecule has 0 aliphatic heterocycles. The molecule has 9 nitrogen and oxygen atoms in total. The number of ether oxygens (including phenoxy) is 1. The van der Waals surface area contributed by atoms with Gasteiger partial charge in [0.25, 0.3) is 0 Å². The minimum Gasteiger partial charge on any atom is -0.464 e. The van der Waals surface area contributed by atoms with E-state index >= 15 is 0 Å². The van der Waals surface area contributed by atoms with Gasteiger partial charge in [0.2, 0.25) is 0 Å². The molecule has 32 heavy (non-hydrogen) atoms. The maximum absolute atomic E-state index is 13.2. The number of methoxy groups -OCH3 is 1. The highest BCUT2D eigenvalue weighted by Gasteiger charge is 2.36. The average Bonchev–Trinajstić information content (AvgIpc) is 3.46. The van der Waals surface area contributed by atoms with Crippen molar-refractivity contribution in [1.29, 1.82) is 0 Å². The molecule has 4 heterocycles. The summed E-state index contributed by atoms with van der Waals surface area (Å²) in [4.78, 5) is 15.5. The van der Waals surface area contributed by atoms with E-state index in [-0.39, 0.29) is 22.8 Å². The van der Waals surface area contributed by atoms with Gasteiger partial charge in [-0.3, -0.25) is 4.68 Å². The minimum absolute atomic E-state index is 0.0128.